The Bertz CT molecular complexity index is 517. The molecule has 126 valence electrons. The number of methoxy groups -OCH3 is 1. The molecule has 2 heterocycles. The first-order chi connectivity index (χ1) is 11.2. The maximum Gasteiger partial charge on any atom is 0.223 e. The highest BCUT2D eigenvalue weighted by Crippen LogP contribution is 2.33. The fourth-order valence-electron chi connectivity index (χ4n) is 4.05. The number of nitrogens with one attached hydrogen (secondary N) is 1. The smallest absolute Gasteiger partial charge is 0.223 e. The third kappa shape index (κ3) is 4.05. The quantitative estimate of drug-likeness (QED) is 0.877. The number of nitrogens with zero attached hydrogens (tertiary/aromatic N) is 1. The summed E-state index contributed by atoms with van der Waals surface area (Å²) in [6, 6.07) is 9.31. The molecule has 4 heteroatoms. The van der Waals surface area contributed by atoms with E-state index in [0.717, 1.165) is 17.9 Å². The minimum atomic E-state index is 0.301. The number of amides is 1. The van der Waals surface area contributed by atoms with E-state index >= 15 is 0 Å². The van der Waals surface area contributed by atoms with Crippen LogP contribution in [0.3, 0.4) is 0 Å². The van der Waals surface area contributed by atoms with Gasteiger partial charge in [-0.3, -0.25) is 4.79 Å². The maximum atomic E-state index is 12.7. The molecule has 1 aromatic rings. The van der Waals surface area contributed by atoms with E-state index in [2.05, 4.69) is 12.2 Å². The fraction of sp³-hybridized carbons (Fsp3) is 0.632. The Morgan fingerprint density at radius 2 is 1.87 bits per heavy atom. The van der Waals surface area contributed by atoms with Crippen molar-refractivity contribution in [3.8, 4) is 5.75 Å². The highest BCUT2D eigenvalue weighted by Gasteiger charge is 2.34. The highest BCUT2D eigenvalue weighted by molar-refractivity contribution is 5.76. The maximum absolute atomic E-state index is 12.7. The molecule has 0 aromatic heterocycles. The van der Waals surface area contributed by atoms with Crippen molar-refractivity contribution in [2.75, 3.05) is 13.7 Å². The van der Waals surface area contributed by atoms with Crippen molar-refractivity contribution >= 4 is 5.91 Å². The van der Waals surface area contributed by atoms with Crippen molar-refractivity contribution in [1.29, 1.82) is 0 Å². The Labute approximate surface area is 139 Å². The Morgan fingerprint density at radius 1 is 1.22 bits per heavy atom. The lowest BCUT2D eigenvalue weighted by atomic mass is 9.89. The summed E-state index contributed by atoms with van der Waals surface area (Å²) in [4.78, 5) is 14.7. The molecule has 0 spiro atoms. The molecule has 1 aromatic carbocycles. The molecule has 2 fully saturated rings. The van der Waals surface area contributed by atoms with E-state index in [4.69, 9.17) is 4.74 Å². The van der Waals surface area contributed by atoms with Crippen LogP contribution in [0.1, 0.15) is 44.6 Å². The van der Waals surface area contributed by atoms with Crippen molar-refractivity contribution in [1.82, 2.24) is 10.2 Å². The van der Waals surface area contributed by atoms with Crippen LogP contribution in [0.15, 0.2) is 24.3 Å². The topological polar surface area (TPSA) is 41.6 Å². The van der Waals surface area contributed by atoms with Crippen LogP contribution in [-0.2, 0) is 11.3 Å². The van der Waals surface area contributed by atoms with Gasteiger partial charge in [0.05, 0.1) is 7.11 Å². The Kier molecular flexibility index (Phi) is 5.21. The van der Waals surface area contributed by atoms with E-state index in [0.29, 0.717) is 36.9 Å². The molecule has 0 radical (unpaired) electrons. The monoisotopic (exact) mass is 316 g/mol. The summed E-state index contributed by atoms with van der Waals surface area (Å²) in [6.07, 6.45) is 5.63. The number of hydrogen-bond donors (Lipinski definition) is 1. The molecule has 2 bridgehead atoms. The first kappa shape index (κ1) is 16.3. The number of benzene rings is 1. The lowest BCUT2D eigenvalue weighted by Gasteiger charge is -2.30. The van der Waals surface area contributed by atoms with Crippen molar-refractivity contribution in [2.45, 2.75) is 57.7 Å². The van der Waals surface area contributed by atoms with Gasteiger partial charge in [-0.15, -0.1) is 0 Å². The number of piperidine rings is 1. The zero-order valence-electron chi connectivity index (χ0n) is 14.3. The van der Waals surface area contributed by atoms with E-state index in [-0.39, 0.29) is 0 Å². The zero-order chi connectivity index (χ0) is 16.2. The fourth-order valence-corrected chi connectivity index (χ4v) is 4.05. The molecule has 1 amide bonds. The number of fused-ring (bicyclic) bond motifs is 2. The van der Waals surface area contributed by atoms with E-state index < -0.39 is 0 Å². The van der Waals surface area contributed by atoms with Gasteiger partial charge in [0.1, 0.15) is 5.75 Å². The molecular weight excluding hydrogens is 288 g/mol. The molecule has 2 atom stereocenters. The van der Waals surface area contributed by atoms with Gasteiger partial charge in [-0.2, -0.15) is 0 Å². The molecule has 1 N–H and O–H groups in total. The summed E-state index contributed by atoms with van der Waals surface area (Å²) in [5.74, 6) is 1.72. The molecule has 0 saturated carbocycles. The second kappa shape index (κ2) is 7.35. The molecule has 4 nitrogen and oxygen atoms in total. The van der Waals surface area contributed by atoms with Gasteiger partial charge in [0.2, 0.25) is 5.91 Å². The number of carbonyl (C=O) groups is 1. The van der Waals surface area contributed by atoms with Gasteiger partial charge < -0.3 is 15.0 Å². The number of carbonyl (C=O) groups excluding carboxylic acids is 1. The van der Waals surface area contributed by atoms with Crippen LogP contribution < -0.4 is 10.1 Å². The number of rotatable bonds is 6. The highest BCUT2D eigenvalue weighted by atomic mass is 16.5. The first-order valence-electron chi connectivity index (χ1n) is 8.84. The lowest BCUT2D eigenvalue weighted by Crippen LogP contribution is -2.40. The molecule has 23 heavy (non-hydrogen) atoms. The van der Waals surface area contributed by atoms with Gasteiger partial charge in [0.25, 0.3) is 0 Å². The van der Waals surface area contributed by atoms with Crippen LogP contribution in [-0.4, -0.2) is 36.5 Å². The third-order valence-electron chi connectivity index (χ3n) is 5.30. The predicted molar refractivity (Wildman–Crippen MR) is 91.4 cm³/mol. The minimum absolute atomic E-state index is 0.301. The van der Waals surface area contributed by atoms with Gasteiger partial charge in [0, 0.05) is 31.6 Å². The van der Waals surface area contributed by atoms with E-state index in [1.165, 1.54) is 25.7 Å². The van der Waals surface area contributed by atoms with Crippen molar-refractivity contribution in [3.05, 3.63) is 29.8 Å². The SMILES string of the molecule is CCN(Cc1ccc(OC)cc1)C(=O)CC1CC2CCC(C1)N2. The van der Waals surface area contributed by atoms with Crippen molar-refractivity contribution < 1.29 is 9.53 Å². The standard InChI is InChI=1S/C19H28N2O2/c1-3-21(13-14-4-8-18(23-2)9-5-14)19(22)12-15-10-16-6-7-17(11-15)20-16/h4-5,8-9,15-17,20H,3,6-7,10-13H2,1-2H3. The summed E-state index contributed by atoms with van der Waals surface area (Å²) in [5, 5.41) is 3.65. The average Bonchev–Trinajstić information content (AvgIpc) is 2.91. The normalized spacial score (nSPS) is 26.1. The van der Waals surface area contributed by atoms with Crippen molar-refractivity contribution in [2.24, 2.45) is 5.92 Å². The van der Waals surface area contributed by atoms with Crippen LogP contribution in [0.25, 0.3) is 0 Å². The van der Waals surface area contributed by atoms with E-state index in [9.17, 15) is 4.79 Å². The van der Waals surface area contributed by atoms with Crippen LogP contribution in [0.4, 0.5) is 0 Å². The van der Waals surface area contributed by atoms with Crippen LogP contribution in [0.5, 0.6) is 5.75 Å². The first-order valence-corrected chi connectivity index (χ1v) is 8.84. The number of ether oxygens (including phenoxy) is 1. The van der Waals surface area contributed by atoms with Crippen LogP contribution >= 0.6 is 0 Å². The summed E-state index contributed by atoms with van der Waals surface area (Å²) >= 11 is 0. The Balaban J connectivity index is 1.55. The second-order valence-electron chi connectivity index (χ2n) is 6.94. The average molecular weight is 316 g/mol. The van der Waals surface area contributed by atoms with Crippen LogP contribution in [0.2, 0.25) is 0 Å². The van der Waals surface area contributed by atoms with E-state index in [1.54, 1.807) is 7.11 Å². The van der Waals surface area contributed by atoms with Gasteiger partial charge in [-0.25, -0.2) is 0 Å². The van der Waals surface area contributed by atoms with Gasteiger partial charge in [-0.05, 0) is 56.2 Å². The molecule has 3 rings (SSSR count). The zero-order valence-corrected chi connectivity index (χ0v) is 14.3. The molecule has 2 aliphatic rings. The van der Waals surface area contributed by atoms with Gasteiger partial charge in [0.15, 0.2) is 0 Å². The molecule has 2 saturated heterocycles. The van der Waals surface area contributed by atoms with Gasteiger partial charge in [-0.1, -0.05) is 12.1 Å². The molecular formula is C19H28N2O2. The summed E-state index contributed by atoms with van der Waals surface area (Å²) < 4.78 is 5.19. The summed E-state index contributed by atoms with van der Waals surface area (Å²) in [5.41, 5.74) is 1.16. The predicted octanol–water partition coefficient (Wildman–Crippen LogP) is 2.96. The molecule has 2 unspecified atom stereocenters. The Morgan fingerprint density at radius 3 is 2.43 bits per heavy atom. The number of hydrogen-bond acceptors (Lipinski definition) is 3. The van der Waals surface area contributed by atoms with Crippen LogP contribution in [0, 0.1) is 5.92 Å². The second-order valence-corrected chi connectivity index (χ2v) is 6.94. The van der Waals surface area contributed by atoms with Crippen molar-refractivity contribution in [3.63, 3.8) is 0 Å². The van der Waals surface area contributed by atoms with Gasteiger partial charge >= 0.3 is 0 Å². The van der Waals surface area contributed by atoms with E-state index in [1.807, 2.05) is 29.2 Å². The minimum Gasteiger partial charge on any atom is -0.497 e. The summed E-state index contributed by atoms with van der Waals surface area (Å²) in [6.45, 7) is 3.52. The third-order valence-corrected chi connectivity index (χ3v) is 5.30. The largest absolute Gasteiger partial charge is 0.497 e. The summed E-state index contributed by atoms with van der Waals surface area (Å²) in [7, 11) is 1.67. The Hall–Kier alpha value is -1.55. The molecule has 2 aliphatic heterocycles. The lowest BCUT2D eigenvalue weighted by molar-refractivity contribution is -0.132. The molecule has 0 aliphatic carbocycles.